The molecule has 16 heavy (non-hydrogen) atoms. The molecule has 1 aromatic carbocycles. The maximum Gasteiger partial charge on any atom is 0.339 e. The molecular weight excluding hydrogens is 218 g/mol. The molecule has 0 spiro atoms. The molecule has 4 heteroatoms. The Bertz CT molecular complexity index is 280. The summed E-state index contributed by atoms with van der Waals surface area (Å²) in [5.74, 6) is 0. The molecule has 1 N–H and O–H groups in total. The lowest BCUT2D eigenvalue weighted by Crippen LogP contribution is -2.40. The minimum absolute atomic E-state index is 0.895. The van der Waals surface area contributed by atoms with Crippen molar-refractivity contribution in [1.82, 2.24) is 0 Å². The van der Waals surface area contributed by atoms with Gasteiger partial charge in [0.25, 0.3) is 0 Å². The molecule has 0 aliphatic rings. The van der Waals surface area contributed by atoms with Crippen LogP contribution in [-0.4, -0.2) is 29.3 Å². The maximum atomic E-state index is 5.55. The zero-order valence-electron chi connectivity index (χ0n) is 10.3. The standard InChI is InChI=1S/C12H21NO2Si/c1-4-16(14-2,15-3)11-10-13-12-8-6-5-7-9-12/h5-9,13H,4,10-11H2,1-3H3. The lowest BCUT2D eigenvalue weighted by Gasteiger charge is -2.26. The van der Waals surface area contributed by atoms with Crippen molar-refractivity contribution in [3.05, 3.63) is 30.3 Å². The number of nitrogens with one attached hydrogen (secondary N) is 1. The minimum atomic E-state index is -1.93. The van der Waals surface area contributed by atoms with E-state index in [0.29, 0.717) is 0 Å². The third kappa shape index (κ3) is 3.63. The van der Waals surface area contributed by atoms with Gasteiger partial charge in [-0.1, -0.05) is 25.1 Å². The second-order valence-electron chi connectivity index (χ2n) is 3.72. The molecule has 0 bridgehead atoms. The van der Waals surface area contributed by atoms with Crippen LogP contribution in [0, 0.1) is 0 Å². The smallest absolute Gasteiger partial charge is 0.339 e. The van der Waals surface area contributed by atoms with E-state index >= 15 is 0 Å². The Kier molecular flexibility index (Phi) is 5.52. The molecule has 0 heterocycles. The Balaban J connectivity index is 2.39. The highest BCUT2D eigenvalue weighted by Crippen LogP contribution is 2.17. The normalized spacial score (nSPS) is 11.4. The van der Waals surface area contributed by atoms with Gasteiger partial charge in [-0.3, -0.25) is 0 Å². The van der Waals surface area contributed by atoms with Crippen LogP contribution in [0.25, 0.3) is 0 Å². The minimum Gasteiger partial charge on any atom is -0.398 e. The van der Waals surface area contributed by atoms with Crippen molar-refractivity contribution in [1.29, 1.82) is 0 Å². The molecule has 1 aromatic rings. The SMILES string of the molecule is CC[Si](CCNc1ccccc1)(OC)OC. The van der Waals surface area contributed by atoms with Crippen LogP contribution in [0.4, 0.5) is 5.69 Å². The molecule has 0 atom stereocenters. The molecule has 0 aromatic heterocycles. The van der Waals surface area contributed by atoms with E-state index in [4.69, 9.17) is 8.85 Å². The summed E-state index contributed by atoms with van der Waals surface area (Å²) in [5, 5.41) is 3.38. The molecule has 1 rings (SSSR count). The molecule has 0 aliphatic heterocycles. The van der Waals surface area contributed by atoms with Crippen molar-refractivity contribution in [3.8, 4) is 0 Å². The van der Waals surface area contributed by atoms with Gasteiger partial charge in [0.05, 0.1) is 0 Å². The van der Waals surface area contributed by atoms with Crippen molar-refractivity contribution < 1.29 is 8.85 Å². The number of benzene rings is 1. The van der Waals surface area contributed by atoms with Crippen LogP contribution in [0.5, 0.6) is 0 Å². The topological polar surface area (TPSA) is 30.5 Å². The first-order valence-electron chi connectivity index (χ1n) is 5.65. The van der Waals surface area contributed by atoms with Crippen molar-refractivity contribution in [2.75, 3.05) is 26.1 Å². The molecule has 0 fully saturated rings. The van der Waals surface area contributed by atoms with E-state index in [9.17, 15) is 0 Å². The van der Waals surface area contributed by atoms with Gasteiger partial charge < -0.3 is 14.2 Å². The van der Waals surface area contributed by atoms with Crippen molar-refractivity contribution >= 4 is 14.2 Å². The monoisotopic (exact) mass is 239 g/mol. The summed E-state index contributed by atoms with van der Waals surface area (Å²) in [6, 6.07) is 12.1. The van der Waals surface area contributed by atoms with E-state index in [-0.39, 0.29) is 0 Å². The second kappa shape index (κ2) is 6.68. The average molecular weight is 239 g/mol. The summed E-state index contributed by atoms with van der Waals surface area (Å²) in [6.45, 7) is 3.02. The predicted molar refractivity (Wildman–Crippen MR) is 70.0 cm³/mol. The Morgan fingerprint density at radius 1 is 1.12 bits per heavy atom. The molecule has 0 amide bonds. The Labute approximate surface area is 99.0 Å². The van der Waals surface area contributed by atoms with Crippen molar-refractivity contribution in [3.63, 3.8) is 0 Å². The fourth-order valence-electron chi connectivity index (χ4n) is 1.71. The number of hydrogen-bond acceptors (Lipinski definition) is 3. The van der Waals surface area contributed by atoms with Crippen LogP contribution in [0.2, 0.25) is 12.1 Å². The third-order valence-corrected chi connectivity index (χ3v) is 6.47. The molecule has 0 unspecified atom stereocenters. The predicted octanol–water partition coefficient (Wildman–Crippen LogP) is 2.85. The third-order valence-electron chi connectivity index (χ3n) is 2.89. The lowest BCUT2D eigenvalue weighted by molar-refractivity contribution is 0.244. The van der Waals surface area contributed by atoms with Crippen LogP contribution >= 0.6 is 0 Å². The van der Waals surface area contributed by atoms with E-state index in [0.717, 1.165) is 24.3 Å². The van der Waals surface area contributed by atoms with Gasteiger partial charge in [-0.15, -0.1) is 0 Å². The van der Waals surface area contributed by atoms with E-state index < -0.39 is 8.56 Å². The molecule has 0 radical (unpaired) electrons. The van der Waals surface area contributed by atoms with Gasteiger partial charge >= 0.3 is 8.56 Å². The van der Waals surface area contributed by atoms with Crippen LogP contribution in [0.3, 0.4) is 0 Å². The summed E-state index contributed by atoms with van der Waals surface area (Å²) >= 11 is 0. The van der Waals surface area contributed by atoms with Gasteiger partial charge in [-0.2, -0.15) is 0 Å². The molecule has 0 saturated carbocycles. The van der Waals surface area contributed by atoms with E-state index in [2.05, 4.69) is 24.4 Å². The van der Waals surface area contributed by atoms with Crippen LogP contribution < -0.4 is 5.32 Å². The van der Waals surface area contributed by atoms with Crippen molar-refractivity contribution in [2.24, 2.45) is 0 Å². The Morgan fingerprint density at radius 2 is 1.75 bits per heavy atom. The van der Waals surface area contributed by atoms with E-state index in [1.165, 1.54) is 0 Å². The van der Waals surface area contributed by atoms with E-state index in [1.54, 1.807) is 14.2 Å². The van der Waals surface area contributed by atoms with Gasteiger partial charge in [0.15, 0.2) is 0 Å². The van der Waals surface area contributed by atoms with Gasteiger partial charge in [0.2, 0.25) is 0 Å². The highest BCUT2D eigenvalue weighted by Gasteiger charge is 2.32. The number of anilines is 1. The average Bonchev–Trinajstić information content (AvgIpc) is 2.37. The maximum absolute atomic E-state index is 5.55. The van der Waals surface area contributed by atoms with Gasteiger partial charge in [-0.05, 0) is 18.2 Å². The Morgan fingerprint density at radius 3 is 2.25 bits per heavy atom. The van der Waals surface area contributed by atoms with Crippen molar-refractivity contribution in [2.45, 2.75) is 19.0 Å². The van der Waals surface area contributed by atoms with Crippen LogP contribution in [0.15, 0.2) is 30.3 Å². The number of rotatable bonds is 7. The number of hydrogen-bond donors (Lipinski definition) is 1. The van der Waals surface area contributed by atoms with Gasteiger partial charge in [0, 0.05) is 32.5 Å². The molecular formula is C12H21NO2Si. The summed E-state index contributed by atoms with van der Waals surface area (Å²) < 4.78 is 11.1. The van der Waals surface area contributed by atoms with Crippen LogP contribution in [-0.2, 0) is 8.85 Å². The summed E-state index contributed by atoms with van der Waals surface area (Å²) in [6.07, 6.45) is 0. The highest BCUT2D eigenvalue weighted by molar-refractivity contribution is 6.67. The molecule has 90 valence electrons. The fraction of sp³-hybridized carbons (Fsp3) is 0.500. The quantitative estimate of drug-likeness (QED) is 0.742. The lowest BCUT2D eigenvalue weighted by atomic mass is 10.3. The summed E-state index contributed by atoms with van der Waals surface area (Å²) in [4.78, 5) is 0. The largest absolute Gasteiger partial charge is 0.398 e. The molecule has 0 aliphatic carbocycles. The fourth-order valence-corrected chi connectivity index (χ4v) is 3.72. The van der Waals surface area contributed by atoms with E-state index in [1.807, 2.05) is 18.2 Å². The second-order valence-corrected chi connectivity index (χ2v) is 7.56. The zero-order chi connectivity index (χ0) is 11.9. The Hall–Kier alpha value is -0.843. The van der Waals surface area contributed by atoms with Gasteiger partial charge in [-0.25, -0.2) is 0 Å². The summed E-state index contributed by atoms with van der Waals surface area (Å²) in [7, 11) is 1.57. The first-order chi connectivity index (χ1) is 7.76. The molecule has 0 saturated heterocycles. The van der Waals surface area contributed by atoms with Crippen LogP contribution in [0.1, 0.15) is 6.92 Å². The first-order valence-corrected chi connectivity index (χ1v) is 7.88. The van der Waals surface area contributed by atoms with Gasteiger partial charge in [0.1, 0.15) is 0 Å². The zero-order valence-corrected chi connectivity index (χ0v) is 11.3. The number of para-hydroxylation sites is 1. The highest BCUT2D eigenvalue weighted by atomic mass is 28.4. The molecule has 3 nitrogen and oxygen atoms in total. The first kappa shape index (κ1) is 13.2. The summed E-state index contributed by atoms with van der Waals surface area (Å²) in [5.41, 5.74) is 1.15.